The Hall–Kier alpha value is -1.62. The number of anilines is 1. The summed E-state index contributed by atoms with van der Waals surface area (Å²) in [6, 6.07) is 3.71. The Labute approximate surface area is 126 Å². The van der Waals surface area contributed by atoms with Crippen LogP contribution in [0.25, 0.3) is 0 Å². The lowest BCUT2D eigenvalue weighted by atomic mass is 10.1. The van der Waals surface area contributed by atoms with Crippen LogP contribution in [0.3, 0.4) is 0 Å². The van der Waals surface area contributed by atoms with E-state index in [1.54, 1.807) is 4.90 Å². The summed E-state index contributed by atoms with van der Waals surface area (Å²) in [6.07, 6.45) is 3.12. The number of nitrogens with one attached hydrogen (secondary N) is 1. The van der Waals surface area contributed by atoms with Gasteiger partial charge in [0, 0.05) is 38.0 Å². The molecule has 1 fully saturated rings. The van der Waals surface area contributed by atoms with Crippen LogP contribution in [0.1, 0.15) is 42.7 Å². The van der Waals surface area contributed by atoms with Gasteiger partial charge in [-0.15, -0.1) is 0 Å². The Morgan fingerprint density at radius 2 is 2.29 bits per heavy atom. The summed E-state index contributed by atoms with van der Waals surface area (Å²) in [4.78, 5) is 18.8. The van der Waals surface area contributed by atoms with Crippen LogP contribution in [0, 0.1) is 0 Å². The summed E-state index contributed by atoms with van der Waals surface area (Å²) < 4.78 is 5.60. The van der Waals surface area contributed by atoms with E-state index in [2.05, 4.69) is 10.3 Å². The van der Waals surface area contributed by atoms with Gasteiger partial charge in [0.15, 0.2) is 0 Å². The van der Waals surface area contributed by atoms with Crippen molar-refractivity contribution in [3.63, 3.8) is 0 Å². The standard InChI is InChI=1S/C16H25N3O2/c1-4-13-9-12(10-15(18-13)17-5-2)16(20)19(3)11-14-7-6-8-21-14/h9-10,14H,4-8,11H2,1-3H3,(H,17,18). The topological polar surface area (TPSA) is 54.5 Å². The maximum Gasteiger partial charge on any atom is 0.253 e. The number of rotatable bonds is 6. The highest BCUT2D eigenvalue weighted by molar-refractivity contribution is 5.94. The number of pyridine rings is 1. The molecule has 0 radical (unpaired) electrons. The molecule has 2 rings (SSSR count). The molecule has 21 heavy (non-hydrogen) atoms. The summed E-state index contributed by atoms with van der Waals surface area (Å²) in [5, 5.41) is 3.18. The lowest BCUT2D eigenvalue weighted by Crippen LogP contribution is -2.34. The second kappa shape index (κ2) is 7.41. The number of hydrogen-bond donors (Lipinski definition) is 1. The number of aryl methyl sites for hydroxylation is 1. The SMILES string of the molecule is CCNc1cc(C(=O)N(C)CC2CCCO2)cc(CC)n1. The molecule has 1 atom stereocenters. The summed E-state index contributed by atoms with van der Waals surface area (Å²) in [5.41, 5.74) is 1.63. The van der Waals surface area contributed by atoms with Crippen LogP contribution in [-0.2, 0) is 11.2 Å². The van der Waals surface area contributed by atoms with Crippen LogP contribution in [0.15, 0.2) is 12.1 Å². The van der Waals surface area contributed by atoms with Gasteiger partial charge in [-0.25, -0.2) is 4.98 Å². The Balaban J connectivity index is 2.10. The molecule has 0 bridgehead atoms. The fraction of sp³-hybridized carbons (Fsp3) is 0.625. The van der Waals surface area contributed by atoms with Gasteiger partial charge in [-0.1, -0.05) is 6.92 Å². The first-order chi connectivity index (χ1) is 10.1. The van der Waals surface area contributed by atoms with Crippen LogP contribution in [0.4, 0.5) is 5.82 Å². The zero-order valence-corrected chi connectivity index (χ0v) is 13.2. The number of carbonyl (C=O) groups excluding carboxylic acids is 1. The van der Waals surface area contributed by atoms with E-state index in [0.717, 1.165) is 43.9 Å². The lowest BCUT2D eigenvalue weighted by molar-refractivity contribution is 0.0587. The molecule has 0 aromatic carbocycles. The second-order valence-electron chi connectivity index (χ2n) is 5.44. The molecule has 1 unspecified atom stereocenters. The molecule has 5 nitrogen and oxygen atoms in total. The highest BCUT2D eigenvalue weighted by Crippen LogP contribution is 2.16. The van der Waals surface area contributed by atoms with Gasteiger partial charge in [-0.05, 0) is 38.3 Å². The molecule has 0 spiro atoms. The van der Waals surface area contributed by atoms with Crippen molar-refractivity contribution in [2.24, 2.45) is 0 Å². The minimum absolute atomic E-state index is 0.0294. The second-order valence-corrected chi connectivity index (χ2v) is 5.44. The molecule has 1 amide bonds. The van der Waals surface area contributed by atoms with Crippen LogP contribution in [-0.4, -0.2) is 48.6 Å². The van der Waals surface area contributed by atoms with E-state index < -0.39 is 0 Å². The highest BCUT2D eigenvalue weighted by Gasteiger charge is 2.21. The maximum atomic E-state index is 12.6. The third-order valence-corrected chi connectivity index (χ3v) is 3.69. The average Bonchev–Trinajstić information content (AvgIpc) is 2.99. The molecule has 1 N–H and O–H groups in total. The van der Waals surface area contributed by atoms with E-state index >= 15 is 0 Å². The quantitative estimate of drug-likeness (QED) is 0.874. The fourth-order valence-electron chi connectivity index (χ4n) is 2.56. The normalized spacial score (nSPS) is 17.8. The summed E-state index contributed by atoms with van der Waals surface area (Å²) in [6.45, 7) is 6.32. The van der Waals surface area contributed by atoms with Gasteiger partial charge in [-0.2, -0.15) is 0 Å². The van der Waals surface area contributed by atoms with E-state index in [4.69, 9.17) is 4.74 Å². The van der Waals surface area contributed by atoms with Crippen molar-refractivity contribution in [3.8, 4) is 0 Å². The summed E-state index contributed by atoms with van der Waals surface area (Å²) in [5.74, 6) is 0.799. The summed E-state index contributed by atoms with van der Waals surface area (Å²) in [7, 11) is 1.84. The molecule has 0 saturated carbocycles. The highest BCUT2D eigenvalue weighted by atomic mass is 16.5. The molecule has 1 aromatic heterocycles. The number of carbonyl (C=O) groups is 1. The van der Waals surface area contributed by atoms with Gasteiger partial charge in [-0.3, -0.25) is 4.79 Å². The Morgan fingerprint density at radius 3 is 2.90 bits per heavy atom. The first-order valence-electron chi connectivity index (χ1n) is 7.76. The van der Waals surface area contributed by atoms with Crippen LogP contribution in [0.5, 0.6) is 0 Å². The molecular formula is C16H25N3O2. The molecular weight excluding hydrogens is 266 g/mol. The molecule has 1 saturated heterocycles. The maximum absolute atomic E-state index is 12.6. The lowest BCUT2D eigenvalue weighted by Gasteiger charge is -2.21. The number of nitrogens with zero attached hydrogens (tertiary/aromatic N) is 2. The number of aromatic nitrogens is 1. The third kappa shape index (κ3) is 4.17. The molecule has 5 heteroatoms. The average molecular weight is 291 g/mol. The molecule has 1 aliphatic heterocycles. The largest absolute Gasteiger partial charge is 0.376 e. The van der Waals surface area contributed by atoms with E-state index in [0.29, 0.717) is 12.1 Å². The van der Waals surface area contributed by atoms with Crippen LogP contribution >= 0.6 is 0 Å². The van der Waals surface area contributed by atoms with Crippen LogP contribution < -0.4 is 5.32 Å². The molecule has 2 heterocycles. The molecule has 116 valence electrons. The molecule has 1 aromatic rings. The zero-order chi connectivity index (χ0) is 15.2. The van der Waals surface area contributed by atoms with Gasteiger partial charge in [0.2, 0.25) is 0 Å². The third-order valence-electron chi connectivity index (χ3n) is 3.69. The van der Waals surface area contributed by atoms with Gasteiger partial charge in [0.25, 0.3) is 5.91 Å². The van der Waals surface area contributed by atoms with Crippen molar-refractivity contribution in [2.45, 2.75) is 39.2 Å². The Bertz CT molecular complexity index is 484. The van der Waals surface area contributed by atoms with Crippen molar-refractivity contribution in [2.75, 3.05) is 32.1 Å². The van der Waals surface area contributed by atoms with E-state index in [1.165, 1.54) is 0 Å². The smallest absolute Gasteiger partial charge is 0.253 e. The minimum Gasteiger partial charge on any atom is -0.376 e. The zero-order valence-electron chi connectivity index (χ0n) is 13.2. The molecule has 1 aliphatic rings. The first kappa shape index (κ1) is 15.8. The number of likely N-dealkylation sites (N-methyl/N-ethyl adjacent to an activating group) is 1. The number of ether oxygens (including phenoxy) is 1. The van der Waals surface area contributed by atoms with Crippen molar-refractivity contribution in [3.05, 3.63) is 23.4 Å². The van der Waals surface area contributed by atoms with Crippen LogP contribution in [0.2, 0.25) is 0 Å². The number of amides is 1. The minimum atomic E-state index is 0.0294. The van der Waals surface area contributed by atoms with Crippen molar-refractivity contribution in [1.29, 1.82) is 0 Å². The van der Waals surface area contributed by atoms with Gasteiger partial charge in [0.05, 0.1) is 6.10 Å². The van der Waals surface area contributed by atoms with Gasteiger partial charge >= 0.3 is 0 Å². The predicted molar refractivity (Wildman–Crippen MR) is 83.7 cm³/mol. The van der Waals surface area contributed by atoms with Crippen molar-refractivity contribution < 1.29 is 9.53 Å². The van der Waals surface area contributed by atoms with Crippen molar-refractivity contribution in [1.82, 2.24) is 9.88 Å². The van der Waals surface area contributed by atoms with E-state index in [9.17, 15) is 4.79 Å². The predicted octanol–water partition coefficient (Wildman–Crippen LogP) is 2.33. The van der Waals surface area contributed by atoms with Crippen molar-refractivity contribution >= 4 is 11.7 Å². The fourth-order valence-corrected chi connectivity index (χ4v) is 2.56. The monoisotopic (exact) mass is 291 g/mol. The summed E-state index contributed by atoms with van der Waals surface area (Å²) >= 11 is 0. The van der Waals surface area contributed by atoms with Gasteiger partial charge < -0.3 is 15.0 Å². The molecule has 0 aliphatic carbocycles. The van der Waals surface area contributed by atoms with Gasteiger partial charge in [0.1, 0.15) is 5.82 Å². The Kier molecular flexibility index (Phi) is 5.56. The Morgan fingerprint density at radius 1 is 1.48 bits per heavy atom. The van der Waals surface area contributed by atoms with E-state index in [1.807, 2.05) is 33.0 Å². The first-order valence-corrected chi connectivity index (χ1v) is 7.76. The van der Waals surface area contributed by atoms with E-state index in [-0.39, 0.29) is 12.0 Å². The number of hydrogen-bond acceptors (Lipinski definition) is 4.